The summed E-state index contributed by atoms with van der Waals surface area (Å²) in [6.45, 7) is 4.93. The molecule has 0 unspecified atom stereocenters. The van der Waals surface area contributed by atoms with Gasteiger partial charge in [-0.15, -0.1) is 0 Å². The number of hydrogen-bond donors (Lipinski definition) is 2. The first-order valence-corrected chi connectivity index (χ1v) is 11.0. The molecule has 1 atom stereocenters. The maximum absolute atomic E-state index is 13.9. The summed E-state index contributed by atoms with van der Waals surface area (Å²) >= 11 is 0. The van der Waals surface area contributed by atoms with Crippen molar-refractivity contribution in [2.45, 2.75) is 31.8 Å². The summed E-state index contributed by atoms with van der Waals surface area (Å²) in [6.07, 6.45) is -0.138. The quantitative estimate of drug-likeness (QED) is 0.701. The molecule has 0 spiro atoms. The van der Waals surface area contributed by atoms with Gasteiger partial charge in [-0.25, -0.2) is 4.39 Å². The van der Waals surface area contributed by atoms with Gasteiger partial charge in [0, 0.05) is 32.2 Å². The molecule has 8 heteroatoms. The average molecular weight is 455 g/mol. The highest BCUT2D eigenvalue weighted by molar-refractivity contribution is 5.94. The molecule has 176 valence electrons. The number of likely N-dealkylation sites (N-methyl/N-ethyl adjacent to an activating group) is 1. The van der Waals surface area contributed by atoms with Crippen LogP contribution in [-0.4, -0.2) is 66.8 Å². The summed E-state index contributed by atoms with van der Waals surface area (Å²) in [6, 6.07) is 13.4. The molecule has 3 rings (SSSR count). The van der Waals surface area contributed by atoms with E-state index in [0.29, 0.717) is 25.2 Å². The highest BCUT2D eigenvalue weighted by Gasteiger charge is 2.37. The van der Waals surface area contributed by atoms with E-state index in [4.69, 9.17) is 0 Å². The number of nitrogens with one attached hydrogen (secondary N) is 2. The summed E-state index contributed by atoms with van der Waals surface area (Å²) < 4.78 is 13.9. The molecule has 0 bridgehead atoms. The minimum Gasteiger partial charge on any atom is -0.355 e. The Morgan fingerprint density at radius 2 is 1.82 bits per heavy atom. The van der Waals surface area contributed by atoms with Crippen molar-refractivity contribution in [3.8, 4) is 0 Å². The van der Waals surface area contributed by atoms with E-state index in [1.807, 2.05) is 25.2 Å². The van der Waals surface area contributed by atoms with Crippen molar-refractivity contribution in [3.05, 3.63) is 71.0 Å². The molecular formula is C25H31FN4O3. The van der Waals surface area contributed by atoms with E-state index in [1.165, 1.54) is 6.07 Å². The number of rotatable bonds is 6. The molecular weight excluding hydrogens is 423 g/mol. The molecule has 2 aromatic carbocycles. The summed E-state index contributed by atoms with van der Waals surface area (Å²) in [5, 5.41) is 5.39. The van der Waals surface area contributed by atoms with Gasteiger partial charge in [-0.3, -0.25) is 19.3 Å². The molecule has 0 radical (unpaired) electrons. The minimum atomic E-state index is -1.15. The Morgan fingerprint density at radius 3 is 2.52 bits per heavy atom. The number of halogens is 1. The van der Waals surface area contributed by atoms with Gasteiger partial charge in [0.25, 0.3) is 5.91 Å². The molecule has 0 aromatic heterocycles. The third-order valence-corrected chi connectivity index (χ3v) is 5.99. The third kappa shape index (κ3) is 5.76. The van der Waals surface area contributed by atoms with Crippen LogP contribution in [0.25, 0.3) is 0 Å². The highest BCUT2D eigenvalue weighted by Crippen LogP contribution is 2.26. The minimum absolute atomic E-state index is 0.0859. The van der Waals surface area contributed by atoms with E-state index in [9.17, 15) is 18.8 Å². The van der Waals surface area contributed by atoms with E-state index in [-0.39, 0.29) is 29.8 Å². The monoisotopic (exact) mass is 454 g/mol. The lowest BCUT2D eigenvalue weighted by Gasteiger charge is -2.42. The van der Waals surface area contributed by atoms with E-state index in [0.717, 1.165) is 5.56 Å². The first-order valence-electron chi connectivity index (χ1n) is 11.0. The second kappa shape index (κ2) is 10.1. The predicted octanol–water partition coefficient (Wildman–Crippen LogP) is 2.14. The lowest BCUT2D eigenvalue weighted by Crippen LogP contribution is -2.60. The van der Waals surface area contributed by atoms with Crippen molar-refractivity contribution in [1.82, 2.24) is 20.4 Å². The topological polar surface area (TPSA) is 81.8 Å². The maximum Gasteiger partial charge on any atom is 0.251 e. The number of hydrogen-bond acceptors (Lipinski definition) is 4. The van der Waals surface area contributed by atoms with Crippen LogP contribution in [0.5, 0.6) is 0 Å². The molecule has 1 fully saturated rings. The zero-order valence-electron chi connectivity index (χ0n) is 19.5. The van der Waals surface area contributed by atoms with Crippen molar-refractivity contribution in [2.75, 3.05) is 33.7 Å². The fraction of sp³-hybridized carbons (Fsp3) is 0.400. The lowest BCUT2D eigenvalue weighted by atomic mass is 9.97. The number of carbonyl (C=O) groups is 3. The van der Waals surface area contributed by atoms with Gasteiger partial charge in [0.2, 0.25) is 11.8 Å². The van der Waals surface area contributed by atoms with Gasteiger partial charge in [-0.2, -0.15) is 0 Å². The summed E-state index contributed by atoms with van der Waals surface area (Å²) in [4.78, 5) is 41.8. The Labute approximate surface area is 193 Å². The highest BCUT2D eigenvalue weighted by atomic mass is 19.1. The van der Waals surface area contributed by atoms with Crippen molar-refractivity contribution >= 4 is 17.7 Å². The van der Waals surface area contributed by atoms with Crippen LogP contribution in [0.2, 0.25) is 0 Å². The number of nitrogens with zero attached hydrogens (tertiary/aromatic N) is 2. The van der Waals surface area contributed by atoms with E-state index in [1.54, 1.807) is 50.1 Å². The van der Waals surface area contributed by atoms with Crippen LogP contribution < -0.4 is 10.6 Å². The molecule has 1 heterocycles. The van der Waals surface area contributed by atoms with Crippen molar-refractivity contribution < 1.29 is 18.8 Å². The molecule has 2 N–H and O–H groups in total. The molecule has 33 heavy (non-hydrogen) atoms. The van der Waals surface area contributed by atoms with Crippen LogP contribution in [0.1, 0.15) is 41.4 Å². The Kier molecular flexibility index (Phi) is 7.48. The van der Waals surface area contributed by atoms with Gasteiger partial charge in [0.05, 0.1) is 12.5 Å². The van der Waals surface area contributed by atoms with Crippen LogP contribution >= 0.6 is 0 Å². The van der Waals surface area contributed by atoms with Crippen LogP contribution in [0.3, 0.4) is 0 Å². The normalized spacial score (nSPS) is 16.9. The predicted molar refractivity (Wildman–Crippen MR) is 124 cm³/mol. The molecule has 1 aliphatic rings. The van der Waals surface area contributed by atoms with E-state index in [2.05, 4.69) is 15.5 Å². The number of piperazine rings is 1. The molecule has 3 amide bonds. The third-order valence-electron chi connectivity index (χ3n) is 5.99. The Morgan fingerprint density at radius 1 is 1.09 bits per heavy atom. The standard InChI is InChI=1S/C25H31FN4O3/c1-25(2,28-22(31)15-17-8-5-6-11-20(17)26)24(33)30-13-12-29(4)21(16-30)18-9-7-10-19(14-18)23(32)27-3/h5-11,14,21H,12-13,15-16H2,1-4H3,(H,27,32)(H,28,31)/t21-/m0/s1. The fourth-order valence-electron chi connectivity index (χ4n) is 4.11. The fourth-order valence-corrected chi connectivity index (χ4v) is 4.11. The molecule has 0 aliphatic carbocycles. The first kappa shape index (κ1) is 24.4. The van der Waals surface area contributed by atoms with Crippen molar-refractivity contribution in [2.24, 2.45) is 0 Å². The number of amides is 3. The smallest absolute Gasteiger partial charge is 0.251 e. The van der Waals surface area contributed by atoms with E-state index < -0.39 is 17.3 Å². The molecule has 7 nitrogen and oxygen atoms in total. The van der Waals surface area contributed by atoms with Gasteiger partial charge in [-0.05, 0) is 50.2 Å². The summed E-state index contributed by atoms with van der Waals surface area (Å²) in [7, 11) is 3.57. The van der Waals surface area contributed by atoms with Gasteiger partial charge >= 0.3 is 0 Å². The summed E-state index contributed by atoms with van der Waals surface area (Å²) in [5.74, 6) is -1.23. The Bertz CT molecular complexity index is 1040. The second-order valence-corrected chi connectivity index (χ2v) is 8.89. The van der Waals surface area contributed by atoms with Crippen LogP contribution in [0.4, 0.5) is 4.39 Å². The van der Waals surface area contributed by atoms with Crippen LogP contribution in [-0.2, 0) is 16.0 Å². The van der Waals surface area contributed by atoms with Gasteiger partial charge in [0.1, 0.15) is 11.4 Å². The molecule has 2 aromatic rings. The molecule has 1 saturated heterocycles. The molecule has 0 saturated carbocycles. The van der Waals surface area contributed by atoms with E-state index >= 15 is 0 Å². The number of carbonyl (C=O) groups excluding carboxylic acids is 3. The average Bonchev–Trinajstić information content (AvgIpc) is 2.79. The Hall–Kier alpha value is -3.26. The zero-order valence-corrected chi connectivity index (χ0v) is 19.5. The number of benzene rings is 2. The summed E-state index contributed by atoms with van der Waals surface area (Å²) in [5.41, 5.74) is 0.645. The van der Waals surface area contributed by atoms with Crippen LogP contribution in [0.15, 0.2) is 48.5 Å². The van der Waals surface area contributed by atoms with Gasteiger partial charge < -0.3 is 15.5 Å². The lowest BCUT2D eigenvalue weighted by molar-refractivity contribution is -0.142. The van der Waals surface area contributed by atoms with Crippen molar-refractivity contribution in [1.29, 1.82) is 0 Å². The largest absolute Gasteiger partial charge is 0.355 e. The van der Waals surface area contributed by atoms with Gasteiger partial charge in [0.15, 0.2) is 0 Å². The zero-order chi connectivity index (χ0) is 24.2. The maximum atomic E-state index is 13.9. The molecule has 1 aliphatic heterocycles. The van der Waals surface area contributed by atoms with Gasteiger partial charge in [-0.1, -0.05) is 30.3 Å². The second-order valence-electron chi connectivity index (χ2n) is 8.89. The van der Waals surface area contributed by atoms with Crippen LogP contribution in [0, 0.1) is 5.82 Å². The van der Waals surface area contributed by atoms with Crippen molar-refractivity contribution in [3.63, 3.8) is 0 Å². The Balaban J connectivity index is 1.70. The first-order chi connectivity index (χ1) is 15.6. The SMILES string of the molecule is CNC(=O)c1cccc([C@@H]2CN(C(=O)C(C)(C)NC(=O)Cc3ccccc3F)CCN2C)c1.